The van der Waals surface area contributed by atoms with Crippen molar-refractivity contribution in [2.75, 3.05) is 13.7 Å². The molecule has 0 N–H and O–H groups in total. The molecule has 1 aromatic rings. The Labute approximate surface area is 118 Å². The van der Waals surface area contributed by atoms with E-state index in [0.717, 1.165) is 12.7 Å². The Morgan fingerprint density at radius 1 is 1.35 bits per heavy atom. The van der Waals surface area contributed by atoms with Gasteiger partial charge in [0.05, 0.1) is 7.11 Å². The molecule has 0 bridgehead atoms. The smallest absolute Gasteiger partial charge is 0.411 e. The summed E-state index contributed by atoms with van der Waals surface area (Å²) in [4.78, 5) is 13.2. The van der Waals surface area contributed by atoms with Crippen LogP contribution in [0, 0.1) is 0 Å². The minimum absolute atomic E-state index is 0.121. The number of hydrogen-bond acceptors (Lipinski definition) is 5. The first kappa shape index (κ1) is 14.8. The molecular formula is C13H17NO5S. The second-order valence-electron chi connectivity index (χ2n) is 4.49. The summed E-state index contributed by atoms with van der Waals surface area (Å²) < 4.78 is 33.1. The summed E-state index contributed by atoms with van der Waals surface area (Å²) in [7, 11) is -2.65. The van der Waals surface area contributed by atoms with Gasteiger partial charge in [-0.15, -0.1) is 0 Å². The maximum atomic E-state index is 12.0. The molecule has 0 aromatic heterocycles. The minimum atomic E-state index is -3.75. The second kappa shape index (κ2) is 6.23. The number of ether oxygens (including phenoxy) is 1. The fourth-order valence-corrected chi connectivity index (χ4v) is 3.34. The van der Waals surface area contributed by atoms with Gasteiger partial charge in [0, 0.05) is 6.54 Å². The van der Waals surface area contributed by atoms with E-state index in [1.54, 1.807) is 0 Å². The number of nitrogens with zero attached hydrogens (tertiary/aromatic N) is 1. The van der Waals surface area contributed by atoms with E-state index < -0.39 is 21.6 Å². The van der Waals surface area contributed by atoms with Crippen LogP contribution in [-0.4, -0.2) is 38.4 Å². The van der Waals surface area contributed by atoms with Crippen molar-refractivity contribution in [2.45, 2.75) is 24.8 Å². The quantitative estimate of drug-likeness (QED) is 0.792. The Kier molecular flexibility index (Phi) is 4.61. The van der Waals surface area contributed by atoms with Crippen molar-refractivity contribution >= 4 is 16.2 Å². The van der Waals surface area contributed by atoms with E-state index in [4.69, 9.17) is 4.74 Å². The van der Waals surface area contributed by atoms with Crippen molar-refractivity contribution in [2.24, 2.45) is 0 Å². The van der Waals surface area contributed by atoms with E-state index in [1.165, 1.54) is 4.90 Å². The molecule has 1 atom stereocenters. The molecule has 6 nitrogen and oxygen atoms in total. The predicted molar refractivity (Wildman–Crippen MR) is 72.3 cm³/mol. The highest BCUT2D eigenvalue weighted by atomic mass is 32.2. The SMILES string of the molecule is COS(=O)(=O)[C@H]1CCCN1C(=O)OCc1ccccc1. The molecule has 1 fully saturated rings. The van der Waals surface area contributed by atoms with Crippen molar-refractivity contribution in [3.05, 3.63) is 35.9 Å². The van der Waals surface area contributed by atoms with Crippen molar-refractivity contribution in [1.82, 2.24) is 4.90 Å². The summed E-state index contributed by atoms with van der Waals surface area (Å²) in [6.45, 7) is 0.483. The Morgan fingerprint density at radius 2 is 2.05 bits per heavy atom. The molecule has 1 aliphatic rings. The van der Waals surface area contributed by atoms with Crippen LogP contribution in [0.2, 0.25) is 0 Å². The first-order valence-electron chi connectivity index (χ1n) is 6.31. The highest BCUT2D eigenvalue weighted by Gasteiger charge is 2.39. The molecule has 1 saturated heterocycles. The summed E-state index contributed by atoms with van der Waals surface area (Å²) in [6.07, 6.45) is 0.363. The molecule has 0 unspecified atom stereocenters. The molecule has 0 aliphatic carbocycles. The molecule has 2 rings (SSSR count). The van der Waals surface area contributed by atoms with Gasteiger partial charge in [-0.1, -0.05) is 30.3 Å². The second-order valence-corrected chi connectivity index (χ2v) is 6.35. The zero-order valence-corrected chi connectivity index (χ0v) is 12.0. The molecule has 1 aliphatic heterocycles. The Bertz CT molecular complexity index is 557. The number of carbonyl (C=O) groups is 1. The van der Waals surface area contributed by atoms with Crippen LogP contribution in [0.1, 0.15) is 18.4 Å². The Morgan fingerprint density at radius 3 is 2.70 bits per heavy atom. The highest BCUT2D eigenvalue weighted by molar-refractivity contribution is 7.87. The lowest BCUT2D eigenvalue weighted by Crippen LogP contribution is -2.41. The number of amides is 1. The van der Waals surface area contributed by atoms with E-state index in [1.807, 2.05) is 30.3 Å². The van der Waals surface area contributed by atoms with Gasteiger partial charge in [0.1, 0.15) is 6.61 Å². The van der Waals surface area contributed by atoms with Crippen LogP contribution < -0.4 is 0 Å². The largest absolute Gasteiger partial charge is 0.445 e. The molecule has 110 valence electrons. The van der Waals surface area contributed by atoms with Gasteiger partial charge in [-0.3, -0.25) is 9.08 Å². The maximum Gasteiger partial charge on any atom is 0.411 e. The molecule has 7 heteroatoms. The molecule has 1 amide bonds. The summed E-state index contributed by atoms with van der Waals surface area (Å²) in [5, 5.41) is -0.948. The minimum Gasteiger partial charge on any atom is -0.445 e. The monoisotopic (exact) mass is 299 g/mol. The van der Waals surface area contributed by atoms with Crippen LogP contribution in [0.4, 0.5) is 4.79 Å². The van der Waals surface area contributed by atoms with Crippen LogP contribution >= 0.6 is 0 Å². The molecule has 0 saturated carbocycles. The topological polar surface area (TPSA) is 72.9 Å². The summed E-state index contributed by atoms with van der Waals surface area (Å²) in [5.74, 6) is 0. The zero-order chi connectivity index (χ0) is 14.6. The molecule has 0 radical (unpaired) electrons. The number of rotatable bonds is 4. The normalized spacial score (nSPS) is 19.1. The maximum absolute atomic E-state index is 12.0. The Hall–Kier alpha value is -1.60. The molecule has 20 heavy (non-hydrogen) atoms. The average Bonchev–Trinajstić information content (AvgIpc) is 2.96. The fourth-order valence-electron chi connectivity index (χ4n) is 2.16. The van der Waals surface area contributed by atoms with E-state index in [9.17, 15) is 13.2 Å². The summed E-state index contributed by atoms with van der Waals surface area (Å²) >= 11 is 0. The molecule has 1 heterocycles. The molecule has 1 aromatic carbocycles. The van der Waals surface area contributed by atoms with E-state index in [-0.39, 0.29) is 6.61 Å². The first-order valence-corrected chi connectivity index (χ1v) is 7.78. The predicted octanol–water partition coefficient (Wildman–Crippen LogP) is 1.72. The average molecular weight is 299 g/mol. The standard InChI is InChI=1S/C13H17NO5S/c1-18-20(16,17)12-8-5-9-14(12)13(15)19-10-11-6-3-2-4-7-11/h2-4,6-7,12H,5,8-10H2,1H3/t12-/m0/s1. The summed E-state index contributed by atoms with van der Waals surface area (Å²) in [6, 6.07) is 9.22. The fraction of sp³-hybridized carbons (Fsp3) is 0.462. The third kappa shape index (κ3) is 3.29. The highest BCUT2D eigenvalue weighted by Crippen LogP contribution is 2.24. The summed E-state index contributed by atoms with van der Waals surface area (Å²) in [5.41, 5.74) is 0.853. The first-order chi connectivity index (χ1) is 9.54. The van der Waals surface area contributed by atoms with Crippen molar-refractivity contribution in [1.29, 1.82) is 0 Å². The van der Waals surface area contributed by atoms with Gasteiger partial charge < -0.3 is 4.74 Å². The van der Waals surface area contributed by atoms with Crippen LogP contribution in [0.15, 0.2) is 30.3 Å². The molecular weight excluding hydrogens is 282 g/mol. The van der Waals surface area contributed by atoms with Crippen LogP contribution in [0.25, 0.3) is 0 Å². The number of carbonyl (C=O) groups excluding carboxylic acids is 1. The van der Waals surface area contributed by atoms with Gasteiger partial charge in [-0.05, 0) is 18.4 Å². The van der Waals surface area contributed by atoms with Gasteiger partial charge in [0.15, 0.2) is 5.37 Å². The van der Waals surface area contributed by atoms with E-state index in [0.29, 0.717) is 19.4 Å². The zero-order valence-electron chi connectivity index (χ0n) is 11.2. The van der Waals surface area contributed by atoms with E-state index in [2.05, 4.69) is 4.18 Å². The van der Waals surface area contributed by atoms with Gasteiger partial charge in [-0.2, -0.15) is 8.42 Å². The van der Waals surface area contributed by atoms with Crippen molar-refractivity contribution in [3.8, 4) is 0 Å². The van der Waals surface area contributed by atoms with Crippen LogP contribution in [0.3, 0.4) is 0 Å². The van der Waals surface area contributed by atoms with Gasteiger partial charge in [0.25, 0.3) is 10.1 Å². The third-order valence-electron chi connectivity index (χ3n) is 3.20. The lowest BCUT2D eigenvalue weighted by atomic mass is 10.2. The van der Waals surface area contributed by atoms with E-state index >= 15 is 0 Å². The van der Waals surface area contributed by atoms with Gasteiger partial charge in [-0.25, -0.2) is 4.79 Å². The Balaban J connectivity index is 1.98. The van der Waals surface area contributed by atoms with Gasteiger partial charge >= 0.3 is 6.09 Å². The van der Waals surface area contributed by atoms with Crippen LogP contribution in [-0.2, 0) is 25.6 Å². The van der Waals surface area contributed by atoms with Crippen molar-refractivity contribution in [3.63, 3.8) is 0 Å². The van der Waals surface area contributed by atoms with Crippen LogP contribution in [0.5, 0.6) is 0 Å². The van der Waals surface area contributed by atoms with Gasteiger partial charge in [0.2, 0.25) is 0 Å². The lowest BCUT2D eigenvalue weighted by Gasteiger charge is -2.22. The lowest BCUT2D eigenvalue weighted by molar-refractivity contribution is 0.0989. The number of likely N-dealkylation sites (tertiary alicyclic amines) is 1. The molecule has 0 spiro atoms. The third-order valence-corrected chi connectivity index (χ3v) is 4.82. The number of hydrogen-bond donors (Lipinski definition) is 0. The number of benzene rings is 1. The van der Waals surface area contributed by atoms with Crippen molar-refractivity contribution < 1.29 is 22.1 Å².